The van der Waals surface area contributed by atoms with Crippen LogP contribution in [0.5, 0.6) is 5.75 Å². The van der Waals surface area contributed by atoms with E-state index in [4.69, 9.17) is 10.00 Å². The molecule has 96 valence electrons. The first-order chi connectivity index (χ1) is 8.51. The lowest BCUT2D eigenvalue weighted by atomic mass is 10.1. The summed E-state index contributed by atoms with van der Waals surface area (Å²) in [4.78, 5) is 11.4. The molecule has 0 atom stereocenters. The highest BCUT2D eigenvalue weighted by Gasteiger charge is 2.20. The number of carbonyl (C=O) groups excluding carboxylic acids is 1. The molecule has 0 saturated heterocycles. The first-order valence-corrected chi connectivity index (χ1v) is 5.34. The fourth-order valence-electron chi connectivity index (χ4n) is 1.24. The highest BCUT2D eigenvalue weighted by atomic mass is 32.1. The molecule has 0 spiro atoms. The Kier molecular flexibility index (Phi) is 4.92. The summed E-state index contributed by atoms with van der Waals surface area (Å²) in [6.07, 6.45) is 0. The Bertz CT molecular complexity index is 500. The van der Waals surface area contributed by atoms with Gasteiger partial charge in [-0.15, -0.1) is 12.6 Å². The molecule has 4 nitrogen and oxygen atoms in total. The third-order valence-corrected chi connectivity index (χ3v) is 2.40. The second-order valence-electron chi connectivity index (χ2n) is 3.05. The molecule has 0 radical (unpaired) electrons. The Balaban J connectivity index is 3.25. The molecule has 1 rings (SSSR count). The van der Waals surface area contributed by atoms with E-state index in [0.717, 1.165) is 0 Å². The van der Waals surface area contributed by atoms with Crippen LogP contribution in [0.15, 0.2) is 17.0 Å². The van der Waals surface area contributed by atoms with E-state index < -0.39 is 18.3 Å². The minimum Gasteiger partial charge on any atom is -0.462 e. The molecular formula is C11H9F2NO3S. The van der Waals surface area contributed by atoms with E-state index in [-0.39, 0.29) is 22.6 Å². The van der Waals surface area contributed by atoms with Crippen molar-refractivity contribution < 1.29 is 23.0 Å². The van der Waals surface area contributed by atoms with E-state index in [1.807, 2.05) is 0 Å². The van der Waals surface area contributed by atoms with Gasteiger partial charge in [0.1, 0.15) is 6.07 Å². The van der Waals surface area contributed by atoms with Crippen molar-refractivity contribution in [2.45, 2.75) is 18.4 Å². The van der Waals surface area contributed by atoms with Crippen molar-refractivity contribution in [3.8, 4) is 11.8 Å². The van der Waals surface area contributed by atoms with Gasteiger partial charge in [0.15, 0.2) is 5.75 Å². The van der Waals surface area contributed by atoms with Gasteiger partial charge in [0, 0.05) is 0 Å². The molecule has 0 aliphatic carbocycles. The molecule has 0 aliphatic heterocycles. The summed E-state index contributed by atoms with van der Waals surface area (Å²) in [5.41, 5.74) is -0.164. The van der Waals surface area contributed by atoms with Crippen molar-refractivity contribution in [2.24, 2.45) is 0 Å². The molecular weight excluding hydrogens is 264 g/mol. The lowest BCUT2D eigenvalue weighted by Gasteiger charge is -2.12. The molecule has 0 amide bonds. The van der Waals surface area contributed by atoms with Crippen molar-refractivity contribution in [2.75, 3.05) is 6.61 Å². The Morgan fingerprint density at radius 2 is 2.22 bits per heavy atom. The van der Waals surface area contributed by atoms with Gasteiger partial charge in [-0.05, 0) is 19.1 Å². The van der Waals surface area contributed by atoms with Crippen molar-refractivity contribution in [3.05, 3.63) is 23.3 Å². The maximum absolute atomic E-state index is 12.2. The van der Waals surface area contributed by atoms with Gasteiger partial charge >= 0.3 is 12.6 Å². The van der Waals surface area contributed by atoms with Crippen LogP contribution in [0.25, 0.3) is 0 Å². The molecule has 0 heterocycles. The SMILES string of the molecule is CCOC(=O)c1ccc(C#N)c(OC(F)F)c1S. The standard InChI is InChI=1S/C11H9F2NO3S/c1-2-16-10(15)7-4-3-6(5-14)8(9(7)18)17-11(12)13/h3-4,11,18H,2H2,1H3. The fourth-order valence-corrected chi connectivity index (χ4v) is 1.58. The van der Waals surface area contributed by atoms with Gasteiger partial charge in [0.25, 0.3) is 0 Å². The van der Waals surface area contributed by atoms with Gasteiger partial charge in [-0.2, -0.15) is 14.0 Å². The molecule has 0 aromatic heterocycles. The minimum atomic E-state index is -3.11. The highest BCUT2D eigenvalue weighted by Crippen LogP contribution is 2.32. The van der Waals surface area contributed by atoms with E-state index in [9.17, 15) is 13.6 Å². The van der Waals surface area contributed by atoms with E-state index in [0.29, 0.717) is 0 Å². The number of esters is 1. The summed E-state index contributed by atoms with van der Waals surface area (Å²) in [6, 6.07) is 4.15. The van der Waals surface area contributed by atoms with Crippen molar-refractivity contribution >= 4 is 18.6 Å². The average Bonchev–Trinajstić information content (AvgIpc) is 2.31. The number of rotatable bonds is 4. The Morgan fingerprint density at radius 1 is 1.56 bits per heavy atom. The predicted molar refractivity (Wildman–Crippen MR) is 61.0 cm³/mol. The lowest BCUT2D eigenvalue weighted by Crippen LogP contribution is -2.10. The second-order valence-corrected chi connectivity index (χ2v) is 3.50. The molecule has 18 heavy (non-hydrogen) atoms. The van der Waals surface area contributed by atoms with Crippen LogP contribution in [0, 0.1) is 11.3 Å². The van der Waals surface area contributed by atoms with Crippen LogP contribution in [0.1, 0.15) is 22.8 Å². The highest BCUT2D eigenvalue weighted by molar-refractivity contribution is 7.80. The lowest BCUT2D eigenvalue weighted by molar-refractivity contribution is -0.0519. The molecule has 0 fully saturated rings. The van der Waals surface area contributed by atoms with Crippen LogP contribution in [0.3, 0.4) is 0 Å². The first-order valence-electron chi connectivity index (χ1n) is 4.89. The van der Waals surface area contributed by atoms with Crippen LogP contribution < -0.4 is 4.74 Å². The van der Waals surface area contributed by atoms with E-state index >= 15 is 0 Å². The summed E-state index contributed by atoms with van der Waals surface area (Å²) in [5.74, 6) is -1.15. The van der Waals surface area contributed by atoms with Gasteiger partial charge in [-0.25, -0.2) is 4.79 Å². The molecule has 0 N–H and O–H groups in total. The molecule has 1 aromatic carbocycles. The number of benzene rings is 1. The number of alkyl halides is 2. The number of carbonyl (C=O) groups is 1. The number of halogens is 2. The van der Waals surface area contributed by atoms with Gasteiger partial charge in [0.2, 0.25) is 0 Å². The zero-order valence-corrected chi connectivity index (χ0v) is 10.2. The molecule has 0 bridgehead atoms. The maximum Gasteiger partial charge on any atom is 0.387 e. The monoisotopic (exact) mass is 273 g/mol. The van der Waals surface area contributed by atoms with E-state index in [2.05, 4.69) is 17.4 Å². The number of ether oxygens (including phenoxy) is 2. The van der Waals surface area contributed by atoms with E-state index in [1.165, 1.54) is 12.1 Å². The third-order valence-electron chi connectivity index (χ3n) is 1.95. The summed E-state index contributed by atoms with van der Waals surface area (Å²) in [5, 5.41) is 8.76. The van der Waals surface area contributed by atoms with Gasteiger partial charge < -0.3 is 9.47 Å². The first kappa shape index (κ1) is 14.3. The molecule has 0 unspecified atom stereocenters. The summed E-state index contributed by atoms with van der Waals surface area (Å²) in [6.45, 7) is -1.37. The zero-order valence-electron chi connectivity index (χ0n) is 9.31. The predicted octanol–water partition coefficient (Wildman–Crippen LogP) is 2.63. The van der Waals surface area contributed by atoms with Crippen LogP contribution in [-0.4, -0.2) is 19.2 Å². The molecule has 0 aliphatic rings. The number of hydrogen-bond acceptors (Lipinski definition) is 5. The van der Waals surface area contributed by atoms with Crippen LogP contribution >= 0.6 is 12.6 Å². The molecule has 0 saturated carbocycles. The maximum atomic E-state index is 12.2. The van der Waals surface area contributed by atoms with Crippen LogP contribution in [0.4, 0.5) is 8.78 Å². The fraction of sp³-hybridized carbons (Fsp3) is 0.273. The van der Waals surface area contributed by atoms with Gasteiger partial charge in [-0.1, -0.05) is 0 Å². The second kappa shape index (κ2) is 6.21. The van der Waals surface area contributed by atoms with Gasteiger partial charge in [0.05, 0.1) is 22.6 Å². The minimum absolute atomic E-state index is 0.0326. The summed E-state index contributed by atoms with van der Waals surface area (Å²) >= 11 is 3.93. The Morgan fingerprint density at radius 3 is 2.72 bits per heavy atom. The molecule has 7 heteroatoms. The summed E-state index contributed by atoms with van der Waals surface area (Å²) in [7, 11) is 0. The van der Waals surface area contributed by atoms with E-state index in [1.54, 1.807) is 13.0 Å². The summed E-state index contributed by atoms with van der Waals surface area (Å²) < 4.78 is 33.4. The number of thiol groups is 1. The number of hydrogen-bond donors (Lipinski definition) is 1. The third kappa shape index (κ3) is 3.11. The Hall–Kier alpha value is -1.81. The van der Waals surface area contributed by atoms with Gasteiger partial charge in [-0.3, -0.25) is 0 Å². The molecule has 1 aromatic rings. The Labute approximate surface area is 108 Å². The van der Waals surface area contributed by atoms with Crippen molar-refractivity contribution in [1.82, 2.24) is 0 Å². The van der Waals surface area contributed by atoms with Crippen LogP contribution in [0.2, 0.25) is 0 Å². The quantitative estimate of drug-likeness (QED) is 0.676. The smallest absolute Gasteiger partial charge is 0.387 e. The number of nitriles is 1. The van der Waals surface area contributed by atoms with Crippen LogP contribution in [-0.2, 0) is 4.74 Å². The van der Waals surface area contributed by atoms with Crippen molar-refractivity contribution in [3.63, 3.8) is 0 Å². The zero-order chi connectivity index (χ0) is 13.7. The normalized spacial score (nSPS) is 10.0. The largest absolute Gasteiger partial charge is 0.462 e. The average molecular weight is 273 g/mol. The number of nitrogens with zero attached hydrogens (tertiary/aromatic N) is 1. The topological polar surface area (TPSA) is 59.3 Å². The van der Waals surface area contributed by atoms with Crippen molar-refractivity contribution in [1.29, 1.82) is 5.26 Å².